The van der Waals surface area contributed by atoms with E-state index in [0.29, 0.717) is 17.3 Å². The van der Waals surface area contributed by atoms with Crippen LogP contribution in [0.5, 0.6) is 11.5 Å². The minimum atomic E-state index is -0.00434. The second-order valence-electron chi connectivity index (χ2n) is 21.1. The second-order valence-corrected chi connectivity index (χ2v) is 21.1. The van der Waals surface area contributed by atoms with E-state index in [2.05, 4.69) is 139 Å². The molecule has 2 spiro atoms. The Bertz CT molecular complexity index is 2120. The van der Waals surface area contributed by atoms with Crippen LogP contribution in [-0.4, -0.2) is 0 Å². The second kappa shape index (κ2) is 9.77. The molecule has 6 unspecified atom stereocenters. The SMILES string of the molecule is CC1(C)CCC(C)(C)c2cc(N(c3ccc4c(c3)C(C)(C)CCC4(C)C)c3cccc4c3C3(c5ccccc5O4)C4CC5CC6CC3C64C5)ccc21. The first-order chi connectivity index (χ1) is 24.7. The van der Waals surface area contributed by atoms with E-state index in [1.807, 2.05) is 0 Å². The molecule has 4 aromatic rings. The van der Waals surface area contributed by atoms with Gasteiger partial charge in [-0.25, -0.2) is 0 Å². The maximum Gasteiger partial charge on any atom is 0.133 e. The van der Waals surface area contributed by atoms with E-state index in [9.17, 15) is 0 Å². The first-order valence-corrected chi connectivity index (χ1v) is 20.7. The number of anilines is 3. The Balaban J connectivity index is 1.19. The van der Waals surface area contributed by atoms with Crippen molar-refractivity contribution in [1.82, 2.24) is 0 Å². The van der Waals surface area contributed by atoms with Gasteiger partial charge >= 0.3 is 0 Å². The van der Waals surface area contributed by atoms with Crippen molar-refractivity contribution in [3.63, 3.8) is 0 Å². The lowest BCUT2D eigenvalue weighted by Gasteiger charge is -2.77. The normalized spacial score (nSPS) is 33.7. The molecule has 2 bridgehead atoms. The lowest BCUT2D eigenvalue weighted by atomic mass is 9.26. The van der Waals surface area contributed by atoms with Crippen LogP contribution in [0.25, 0.3) is 0 Å². The molecule has 0 saturated heterocycles. The van der Waals surface area contributed by atoms with Crippen molar-refractivity contribution in [1.29, 1.82) is 0 Å². The van der Waals surface area contributed by atoms with Crippen LogP contribution >= 0.6 is 0 Å². The molecule has 268 valence electrons. The summed E-state index contributed by atoms with van der Waals surface area (Å²) < 4.78 is 7.04. The molecule has 1 aliphatic heterocycles. The predicted octanol–water partition coefficient (Wildman–Crippen LogP) is 13.3. The van der Waals surface area contributed by atoms with Gasteiger partial charge in [-0.2, -0.15) is 0 Å². The summed E-state index contributed by atoms with van der Waals surface area (Å²) in [5.74, 6) is 5.41. The van der Waals surface area contributed by atoms with Gasteiger partial charge in [-0.1, -0.05) is 91.8 Å². The zero-order chi connectivity index (χ0) is 35.8. The van der Waals surface area contributed by atoms with Crippen LogP contribution in [0.15, 0.2) is 78.9 Å². The number of fused-ring (bicyclic) bond motifs is 9. The van der Waals surface area contributed by atoms with Crippen LogP contribution < -0.4 is 9.64 Å². The molecule has 2 nitrogen and oxygen atoms in total. The van der Waals surface area contributed by atoms with Gasteiger partial charge in [0.15, 0.2) is 0 Å². The van der Waals surface area contributed by atoms with Crippen LogP contribution in [-0.2, 0) is 27.1 Å². The van der Waals surface area contributed by atoms with Gasteiger partial charge in [0.05, 0.1) is 5.69 Å². The van der Waals surface area contributed by atoms with E-state index in [-0.39, 0.29) is 27.1 Å². The lowest BCUT2D eigenvalue weighted by molar-refractivity contribution is -0.234. The minimum absolute atomic E-state index is 0.00434. The summed E-state index contributed by atoms with van der Waals surface area (Å²) in [7, 11) is 0. The topological polar surface area (TPSA) is 12.5 Å². The summed E-state index contributed by atoms with van der Waals surface area (Å²) >= 11 is 0. The summed E-state index contributed by atoms with van der Waals surface area (Å²) in [4.78, 5) is 2.68. The van der Waals surface area contributed by atoms with E-state index in [1.165, 1.54) is 102 Å². The molecule has 0 aromatic heterocycles. The fraction of sp³-hybridized carbons (Fsp3) is 0.520. The molecule has 7 aliphatic rings. The predicted molar refractivity (Wildman–Crippen MR) is 214 cm³/mol. The highest BCUT2D eigenvalue weighted by Crippen LogP contribution is 2.90. The molecule has 6 aliphatic carbocycles. The number of para-hydroxylation sites is 1. The van der Waals surface area contributed by atoms with Crippen molar-refractivity contribution in [2.45, 2.75) is 134 Å². The lowest BCUT2D eigenvalue weighted by Crippen LogP contribution is -2.74. The van der Waals surface area contributed by atoms with Crippen molar-refractivity contribution in [2.24, 2.45) is 29.1 Å². The van der Waals surface area contributed by atoms with Crippen molar-refractivity contribution in [3.05, 3.63) is 112 Å². The van der Waals surface area contributed by atoms with E-state index in [0.717, 1.165) is 23.3 Å². The van der Waals surface area contributed by atoms with E-state index < -0.39 is 0 Å². The molecule has 52 heavy (non-hydrogen) atoms. The zero-order valence-electron chi connectivity index (χ0n) is 32.8. The third kappa shape index (κ3) is 3.73. The first-order valence-electron chi connectivity index (χ1n) is 20.7. The molecular formula is C50H57NO. The van der Waals surface area contributed by atoms with Gasteiger partial charge in [0.1, 0.15) is 11.5 Å². The van der Waals surface area contributed by atoms with Gasteiger partial charge in [-0.3, -0.25) is 0 Å². The number of hydrogen-bond acceptors (Lipinski definition) is 2. The summed E-state index contributed by atoms with van der Waals surface area (Å²) in [6.45, 7) is 19.7. The molecule has 0 amide bonds. The Morgan fingerprint density at radius 3 is 1.71 bits per heavy atom. The highest BCUT2D eigenvalue weighted by molar-refractivity contribution is 5.85. The van der Waals surface area contributed by atoms with E-state index in [4.69, 9.17) is 4.74 Å². The van der Waals surface area contributed by atoms with Crippen molar-refractivity contribution in [2.75, 3.05) is 4.90 Å². The Kier molecular flexibility index (Phi) is 6.00. The first kappa shape index (κ1) is 32.0. The van der Waals surface area contributed by atoms with Crippen LogP contribution in [0.2, 0.25) is 0 Å². The van der Waals surface area contributed by atoms with Crippen LogP contribution in [0.4, 0.5) is 17.1 Å². The molecule has 0 N–H and O–H groups in total. The quantitative estimate of drug-likeness (QED) is 0.213. The number of hydrogen-bond donors (Lipinski definition) is 0. The fourth-order valence-electron chi connectivity index (χ4n) is 14.2. The third-order valence-electron chi connectivity index (χ3n) is 16.9. The number of nitrogens with zero attached hydrogens (tertiary/aromatic N) is 1. The molecule has 4 saturated carbocycles. The van der Waals surface area contributed by atoms with Gasteiger partial charge in [-0.15, -0.1) is 0 Å². The summed E-state index contributed by atoms with van der Waals surface area (Å²) in [6.07, 6.45) is 10.6. The summed E-state index contributed by atoms with van der Waals surface area (Å²) in [5.41, 5.74) is 14.0. The van der Waals surface area contributed by atoms with Gasteiger partial charge in [0.25, 0.3) is 0 Å². The average molecular weight is 688 g/mol. The number of benzene rings is 4. The molecule has 2 heteroatoms. The molecule has 6 atom stereocenters. The Morgan fingerprint density at radius 1 is 0.538 bits per heavy atom. The largest absolute Gasteiger partial charge is 0.457 e. The summed E-state index contributed by atoms with van der Waals surface area (Å²) in [5, 5.41) is 0. The molecular weight excluding hydrogens is 631 g/mol. The van der Waals surface area contributed by atoms with Gasteiger partial charge in [0, 0.05) is 27.9 Å². The third-order valence-corrected chi connectivity index (χ3v) is 16.9. The average Bonchev–Trinajstić information content (AvgIpc) is 3.64. The highest BCUT2D eigenvalue weighted by Gasteiger charge is 2.84. The van der Waals surface area contributed by atoms with Crippen molar-refractivity contribution < 1.29 is 4.74 Å². The standard InChI is InChI=1S/C50H57NO/c1-45(2)20-22-47(5,6)37-27-32(16-18-34(37)45)51(33-17-19-35-38(28-33)48(7,8)23-21-46(35,3)4)39-13-11-15-41-44(39)50(36-12-9-10-14-40(36)52-41)42-25-30-24-31-26-43(50)49(31,42)29-30/h9-19,27-28,30-31,42-43H,20-26,29H2,1-8H3. The number of rotatable bonds is 3. The minimum Gasteiger partial charge on any atom is -0.457 e. The maximum absolute atomic E-state index is 7.04. The van der Waals surface area contributed by atoms with Crippen molar-refractivity contribution >= 4 is 17.1 Å². The van der Waals surface area contributed by atoms with Crippen molar-refractivity contribution in [3.8, 4) is 11.5 Å². The molecule has 1 heterocycles. The van der Waals surface area contributed by atoms with Crippen LogP contribution in [0.3, 0.4) is 0 Å². The fourth-order valence-corrected chi connectivity index (χ4v) is 14.2. The van der Waals surface area contributed by atoms with Crippen LogP contribution in [0.1, 0.15) is 140 Å². The van der Waals surface area contributed by atoms with E-state index >= 15 is 0 Å². The highest BCUT2D eigenvalue weighted by atomic mass is 16.5. The Hall–Kier alpha value is -3.52. The molecule has 4 aromatic carbocycles. The smallest absolute Gasteiger partial charge is 0.133 e. The Morgan fingerprint density at radius 2 is 1.10 bits per heavy atom. The monoisotopic (exact) mass is 687 g/mol. The molecule has 4 fully saturated rings. The molecule has 0 radical (unpaired) electrons. The zero-order valence-corrected chi connectivity index (χ0v) is 32.8. The van der Waals surface area contributed by atoms with Crippen LogP contribution in [0, 0.1) is 29.1 Å². The maximum atomic E-state index is 7.04. The summed E-state index contributed by atoms with van der Waals surface area (Å²) in [6, 6.07) is 31.3. The Labute approximate surface area is 312 Å². The number of ether oxygens (including phenoxy) is 1. The van der Waals surface area contributed by atoms with Gasteiger partial charge in [0.2, 0.25) is 0 Å². The molecule has 11 rings (SSSR count). The van der Waals surface area contributed by atoms with Gasteiger partial charge in [-0.05, 0) is 167 Å². The van der Waals surface area contributed by atoms with Gasteiger partial charge < -0.3 is 9.64 Å². The van der Waals surface area contributed by atoms with E-state index in [1.54, 1.807) is 0 Å².